The van der Waals surface area contributed by atoms with Gasteiger partial charge in [0.1, 0.15) is 5.69 Å². The third-order valence-corrected chi connectivity index (χ3v) is 2.88. The lowest BCUT2D eigenvalue weighted by molar-refractivity contribution is -0.140. The van der Waals surface area contributed by atoms with Crippen LogP contribution < -0.4 is 11.1 Å². The Bertz CT molecular complexity index is 463. The topological polar surface area (TPSA) is 86.3 Å². The highest BCUT2D eigenvalue weighted by Crippen LogP contribution is 2.37. The van der Waals surface area contributed by atoms with E-state index in [0.717, 1.165) is 12.8 Å². The lowest BCUT2D eigenvalue weighted by atomic mass is 10.3. The number of methoxy groups -OCH3 is 1. The van der Waals surface area contributed by atoms with Crippen molar-refractivity contribution >= 4 is 17.6 Å². The second kappa shape index (κ2) is 5.12. The first-order valence-corrected chi connectivity index (χ1v) is 5.94. The fourth-order valence-electron chi connectivity index (χ4n) is 1.81. The van der Waals surface area contributed by atoms with Crippen molar-refractivity contribution < 1.29 is 14.3 Å². The molecule has 1 amide bonds. The van der Waals surface area contributed by atoms with Gasteiger partial charge in [-0.3, -0.25) is 9.59 Å². The summed E-state index contributed by atoms with van der Waals surface area (Å²) in [6, 6.07) is 2.05. The van der Waals surface area contributed by atoms with Crippen molar-refractivity contribution in [3.05, 3.63) is 18.0 Å². The lowest BCUT2D eigenvalue weighted by Crippen LogP contribution is -2.28. The predicted octanol–water partition coefficient (Wildman–Crippen LogP) is 0.698. The van der Waals surface area contributed by atoms with Crippen molar-refractivity contribution in [2.75, 3.05) is 19.4 Å². The number of aromatic nitrogens is 1. The van der Waals surface area contributed by atoms with E-state index in [0.29, 0.717) is 17.4 Å². The maximum Gasteiger partial charge on any atom is 0.307 e. The number of rotatable bonds is 5. The molecule has 1 heterocycles. The summed E-state index contributed by atoms with van der Waals surface area (Å²) in [4.78, 5) is 22.9. The molecule has 6 heteroatoms. The quantitative estimate of drug-likeness (QED) is 0.754. The summed E-state index contributed by atoms with van der Waals surface area (Å²) in [7, 11) is 1.32. The van der Waals surface area contributed by atoms with Crippen LogP contribution in [0.25, 0.3) is 0 Å². The molecule has 1 saturated carbocycles. The first kappa shape index (κ1) is 12.5. The Kier molecular flexibility index (Phi) is 3.55. The number of esters is 1. The van der Waals surface area contributed by atoms with Gasteiger partial charge in [0.25, 0.3) is 5.91 Å². The molecule has 0 radical (unpaired) electrons. The molecule has 0 aliphatic heterocycles. The molecule has 1 aliphatic carbocycles. The average molecular weight is 251 g/mol. The number of carbonyl (C=O) groups excluding carboxylic acids is 2. The molecule has 6 nitrogen and oxygen atoms in total. The predicted molar refractivity (Wildman–Crippen MR) is 66.1 cm³/mol. The molecule has 0 aromatic carbocycles. The van der Waals surface area contributed by atoms with Gasteiger partial charge >= 0.3 is 5.97 Å². The first-order valence-electron chi connectivity index (χ1n) is 5.94. The Morgan fingerprint density at radius 3 is 2.89 bits per heavy atom. The second-order valence-electron chi connectivity index (χ2n) is 4.38. The van der Waals surface area contributed by atoms with Crippen molar-refractivity contribution in [3.8, 4) is 0 Å². The largest absolute Gasteiger partial charge is 0.469 e. The summed E-state index contributed by atoms with van der Waals surface area (Å²) in [5, 5.41) is 2.68. The molecule has 3 N–H and O–H groups in total. The third-order valence-electron chi connectivity index (χ3n) is 2.88. The maximum atomic E-state index is 11.9. The second-order valence-corrected chi connectivity index (χ2v) is 4.38. The number of nitrogens with two attached hydrogens (primary N) is 1. The molecule has 2 rings (SSSR count). The number of hydrogen-bond acceptors (Lipinski definition) is 4. The standard InChI is InChI=1S/C12H17N3O3/c1-18-11(16)4-5-14-12(17)10-6-8(13)7-15(10)9-2-3-9/h6-7,9H,2-5,13H2,1H3,(H,14,17). The van der Waals surface area contributed by atoms with E-state index >= 15 is 0 Å². The van der Waals surface area contributed by atoms with Gasteiger partial charge in [-0.15, -0.1) is 0 Å². The van der Waals surface area contributed by atoms with E-state index in [1.54, 1.807) is 12.3 Å². The number of nitrogens with one attached hydrogen (secondary N) is 1. The Labute approximate surface area is 105 Å². The van der Waals surface area contributed by atoms with Crippen LogP contribution >= 0.6 is 0 Å². The summed E-state index contributed by atoms with van der Waals surface area (Å²) in [6.45, 7) is 0.265. The monoisotopic (exact) mass is 251 g/mol. The number of amides is 1. The zero-order valence-corrected chi connectivity index (χ0v) is 10.3. The van der Waals surface area contributed by atoms with Crippen LogP contribution in [0.4, 0.5) is 5.69 Å². The SMILES string of the molecule is COC(=O)CCNC(=O)c1cc(N)cn1C1CC1. The summed E-state index contributed by atoms with van der Waals surface area (Å²) < 4.78 is 6.40. The van der Waals surface area contributed by atoms with Gasteiger partial charge in [-0.25, -0.2) is 0 Å². The summed E-state index contributed by atoms with van der Waals surface area (Å²) in [5.41, 5.74) is 6.85. The third kappa shape index (κ3) is 2.82. The van der Waals surface area contributed by atoms with Gasteiger partial charge in [-0.2, -0.15) is 0 Å². The highest BCUT2D eigenvalue weighted by molar-refractivity contribution is 5.94. The van der Waals surface area contributed by atoms with E-state index in [4.69, 9.17) is 5.73 Å². The van der Waals surface area contributed by atoms with Gasteiger partial charge in [-0.05, 0) is 18.9 Å². The van der Waals surface area contributed by atoms with E-state index in [1.165, 1.54) is 7.11 Å². The van der Waals surface area contributed by atoms with Crippen molar-refractivity contribution in [1.82, 2.24) is 9.88 Å². The van der Waals surface area contributed by atoms with E-state index in [2.05, 4.69) is 10.1 Å². The summed E-state index contributed by atoms with van der Waals surface area (Å²) >= 11 is 0. The van der Waals surface area contributed by atoms with Crippen molar-refractivity contribution in [2.45, 2.75) is 25.3 Å². The molecule has 0 atom stereocenters. The van der Waals surface area contributed by atoms with E-state index in [1.807, 2.05) is 4.57 Å². The Hall–Kier alpha value is -1.98. The van der Waals surface area contributed by atoms with Gasteiger partial charge in [0.2, 0.25) is 0 Å². The van der Waals surface area contributed by atoms with Crippen molar-refractivity contribution in [3.63, 3.8) is 0 Å². The smallest absolute Gasteiger partial charge is 0.307 e. The average Bonchev–Trinajstić information content (AvgIpc) is 3.12. The fraction of sp³-hybridized carbons (Fsp3) is 0.500. The van der Waals surface area contributed by atoms with Gasteiger partial charge in [0.05, 0.1) is 19.2 Å². The van der Waals surface area contributed by atoms with E-state index < -0.39 is 0 Å². The van der Waals surface area contributed by atoms with Crippen LogP contribution in [0, 0.1) is 0 Å². The zero-order valence-electron chi connectivity index (χ0n) is 10.3. The van der Waals surface area contributed by atoms with Gasteiger partial charge in [-0.1, -0.05) is 0 Å². The molecule has 1 aliphatic rings. The van der Waals surface area contributed by atoms with Gasteiger partial charge in [0.15, 0.2) is 0 Å². The molecule has 18 heavy (non-hydrogen) atoms. The highest BCUT2D eigenvalue weighted by atomic mass is 16.5. The number of ether oxygens (including phenoxy) is 1. The van der Waals surface area contributed by atoms with E-state index in [-0.39, 0.29) is 24.8 Å². The van der Waals surface area contributed by atoms with Crippen LogP contribution in [0.15, 0.2) is 12.3 Å². The van der Waals surface area contributed by atoms with Gasteiger partial charge in [0, 0.05) is 18.8 Å². The molecular weight excluding hydrogens is 234 g/mol. The highest BCUT2D eigenvalue weighted by Gasteiger charge is 2.27. The molecule has 0 unspecified atom stereocenters. The number of hydrogen-bond donors (Lipinski definition) is 2. The minimum atomic E-state index is -0.340. The normalized spacial score (nSPS) is 14.3. The number of nitrogen functional groups attached to an aromatic ring is 1. The number of anilines is 1. The van der Waals surface area contributed by atoms with Crippen LogP contribution in [0.2, 0.25) is 0 Å². The summed E-state index contributed by atoms with van der Waals surface area (Å²) in [6.07, 6.45) is 4.11. The molecule has 98 valence electrons. The fourth-order valence-corrected chi connectivity index (χ4v) is 1.81. The number of nitrogens with zero attached hydrogens (tertiary/aromatic N) is 1. The van der Waals surface area contributed by atoms with Crippen LogP contribution in [0.3, 0.4) is 0 Å². The maximum absolute atomic E-state index is 11.9. The van der Waals surface area contributed by atoms with Crippen LogP contribution in [-0.4, -0.2) is 30.1 Å². The number of carbonyl (C=O) groups is 2. The molecule has 1 aromatic rings. The molecule has 0 bridgehead atoms. The first-order chi connectivity index (χ1) is 8.61. The van der Waals surface area contributed by atoms with Crippen molar-refractivity contribution in [2.24, 2.45) is 0 Å². The van der Waals surface area contributed by atoms with Gasteiger partial charge < -0.3 is 20.4 Å². The minimum absolute atomic E-state index is 0.169. The molecule has 0 saturated heterocycles. The Morgan fingerprint density at radius 2 is 2.28 bits per heavy atom. The Balaban J connectivity index is 1.94. The Morgan fingerprint density at radius 1 is 1.56 bits per heavy atom. The van der Waals surface area contributed by atoms with E-state index in [9.17, 15) is 9.59 Å². The lowest BCUT2D eigenvalue weighted by Gasteiger charge is -2.07. The van der Waals surface area contributed by atoms with Crippen LogP contribution in [0.5, 0.6) is 0 Å². The molecule has 1 aromatic heterocycles. The molecule has 1 fully saturated rings. The minimum Gasteiger partial charge on any atom is -0.469 e. The summed E-state index contributed by atoms with van der Waals surface area (Å²) in [5.74, 6) is -0.546. The van der Waals surface area contributed by atoms with Crippen LogP contribution in [0.1, 0.15) is 35.8 Å². The van der Waals surface area contributed by atoms with Crippen molar-refractivity contribution in [1.29, 1.82) is 0 Å². The van der Waals surface area contributed by atoms with Crippen LogP contribution in [-0.2, 0) is 9.53 Å². The zero-order chi connectivity index (χ0) is 13.1. The molecule has 0 spiro atoms. The molecular formula is C12H17N3O3.